The highest BCUT2D eigenvalue weighted by atomic mass is 32.2. The molecule has 0 radical (unpaired) electrons. The van der Waals surface area contributed by atoms with Gasteiger partial charge in [-0.05, 0) is 24.1 Å². The highest BCUT2D eigenvalue weighted by Crippen LogP contribution is 2.28. The van der Waals surface area contributed by atoms with Crippen LogP contribution in [-0.4, -0.2) is 27.9 Å². The molecule has 1 rings (SSSR count). The summed E-state index contributed by atoms with van der Waals surface area (Å²) >= 11 is 0. The molecule has 1 aromatic rings. The molecule has 5 nitrogen and oxygen atoms in total. The zero-order valence-corrected chi connectivity index (χ0v) is 10.8. The van der Waals surface area contributed by atoms with Crippen LogP contribution in [0.3, 0.4) is 0 Å². The first-order valence-electron chi connectivity index (χ1n) is 5.26. The van der Waals surface area contributed by atoms with Gasteiger partial charge < -0.3 is 9.47 Å². The molecule has 0 aliphatic heterocycles. The summed E-state index contributed by atoms with van der Waals surface area (Å²) in [5.74, 6) is 0.901. The molecule has 0 saturated heterocycles. The Morgan fingerprint density at radius 1 is 1.29 bits per heavy atom. The Bertz CT molecular complexity index is 470. The first-order chi connectivity index (χ1) is 7.96. The van der Waals surface area contributed by atoms with Gasteiger partial charge in [-0.15, -0.1) is 0 Å². The average Bonchev–Trinajstić information content (AvgIpc) is 2.27. The van der Waals surface area contributed by atoms with Crippen molar-refractivity contribution >= 4 is 10.0 Å². The van der Waals surface area contributed by atoms with E-state index in [1.54, 1.807) is 13.2 Å². The van der Waals surface area contributed by atoms with Crippen molar-refractivity contribution < 1.29 is 17.9 Å². The molecule has 0 heterocycles. The Labute approximate surface area is 102 Å². The van der Waals surface area contributed by atoms with E-state index < -0.39 is 10.0 Å². The molecule has 6 heteroatoms. The second-order valence-corrected chi connectivity index (χ2v) is 5.29. The van der Waals surface area contributed by atoms with Crippen LogP contribution < -0.4 is 14.6 Å². The molecule has 0 aromatic heterocycles. The summed E-state index contributed by atoms with van der Waals surface area (Å²) in [5.41, 5.74) is 1.13. The van der Waals surface area contributed by atoms with Gasteiger partial charge in [-0.3, -0.25) is 0 Å². The molecule has 0 unspecified atom stereocenters. The molecular formula is C11H17NO4S. The lowest BCUT2D eigenvalue weighted by Crippen LogP contribution is -2.21. The molecule has 0 saturated carbocycles. The monoisotopic (exact) mass is 259 g/mol. The van der Waals surface area contributed by atoms with E-state index in [4.69, 9.17) is 14.6 Å². The minimum Gasteiger partial charge on any atom is -0.493 e. The molecule has 2 N–H and O–H groups in total. The number of rotatable bonds is 6. The third kappa shape index (κ3) is 4.62. The van der Waals surface area contributed by atoms with Crippen LogP contribution in [0.1, 0.15) is 12.5 Å². The Morgan fingerprint density at radius 2 is 2.00 bits per heavy atom. The molecule has 0 aliphatic rings. The summed E-state index contributed by atoms with van der Waals surface area (Å²) in [5, 5.41) is 4.88. The average molecular weight is 259 g/mol. The van der Waals surface area contributed by atoms with Gasteiger partial charge in [0.25, 0.3) is 0 Å². The first-order valence-corrected chi connectivity index (χ1v) is 6.98. The summed E-state index contributed by atoms with van der Waals surface area (Å²) in [6.45, 7) is 2.05. The predicted molar refractivity (Wildman–Crippen MR) is 65.8 cm³/mol. The number of methoxy groups -OCH3 is 1. The van der Waals surface area contributed by atoms with Crippen LogP contribution in [0.5, 0.6) is 11.5 Å². The van der Waals surface area contributed by atoms with Gasteiger partial charge in [0.05, 0.1) is 12.9 Å². The maximum absolute atomic E-state index is 10.7. The van der Waals surface area contributed by atoms with Gasteiger partial charge in [-0.1, -0.05) is 13.0 Å². The maximum Gasteiger partial charge on any atom is 0.212 e. The fourth-order valence-corrected chi connectivity index (χ4v) is 1.63. The van der Waals surface area contributed by atoms with E-state index in [1.165, 1.54) is 0 Å². The fraction of sp³-hybridized carbons (Fsp3) is 0.455. The van der Waals surface area contributed by atoms with E-state index >= 15 is 0 Å². The molecule has 0 spiro atoms. The number of nitrogens with two attached hydrogens (primary N) is 1. The van der Waals surface area contributed by atoms with Crippen molar-refractivity contribution in [2.24, 2.45) is 5.14 Å². The number of aryl methyl sites for hydroxylation is 1. The quantitative estimate of drug-likeness (QED) is 0.824. The van der Waals surface area contributed by atoms with Crippen molar-refractivity contribution in [3.8, 4) is 11.5 Å². The topological polar surface area (TPSA) is 78.6 Å². The van der Waals surface area contributed by atoms with Crippen LogP contribution in [0, 0.1) is 0 Å². The molecule has 0 atom stereocenters. The van der Waals surface area contributed by atoms with Crippen molar-refractivity contribution in [3.63, 3.8) is 0 Å². The Hall–Kier alpha value is -1.27. The zero-order valence-electron chi connectivity index (χ0n) is 9.97. The Balaban J connectivity index is 2.70. The van der Waals surface area contributed by atoms with Gasteiger partial charge in [0.2, 0.25) is 10.0 Å². The van der Waals surface area contributed by atoms with Crippen molar-refractivity contribution in [2.45, 2.75) is 13.3 Å². The molecular weight excluding hydrogens is 242 g/mol. The third-order valence-corrected chi connectivity index (χ3v) is 3.00. The van der Waals surface area contributed by atoms with Gasteiger partial charge in [-0.2, -0.15) is 0 Å². The number of sulfonamides is 1. The lowest BCUT2D eigenvalue weighted by atomic mass is 10.1. The van der Waals surface area contributed by atoms with Gasteiger partial charge in [0, 0.05) is 0 Å². The lowest BCUT2D eigenvalue weighted by molar-refractivity contribution is 0.311. The normalized spacial score (nSPS) is 11.2. The van der Waals surface area contributed by atoms with Crippen molar-refractivity contribution in [1.82, 2.24) is 0 Å². The minimum absolute atomic E-state index is 0.0145. The zero-order chi connectivity index (χ0) is 12.9. The maximum atomic E-state index is 10.7. The number of ether oxygens (including phenoxy) is 2. The molecule has 0 fully saturated rings. The van der Waals surface area contributed by atoms with E-state index in [-0.39, 0.29) is 12.4 Å². The SMILES string of the molecule is CCc1ccc(OCCS(N)(=O)=O)c(OC)c1. The summed E-state index contributed by atoms with van der Waals surface area (Å²) < 4.78 is 32.0. The van der Waals surface area contributed by atoms with E-state index in [2.05, 4.69) is 0 Å². The molecule has 17 heavy (non-hydrogen) atoms. The van der Waals surface area contributed by atoms with Crippen LogP contribution in [0.15, 0.2) is 18.2 Å². The summed E-state index contributed by atoms with van der Waals surface area (Å²) in [6, 6.07) is 5.54. The molecule has 0 amide bonds. The van der Waals surface area contributed by atoms with Crippen LogP contribution in [0.25, 0.3) is 0 Å². The molecule has 96 valence electrons. The highest BCUT2D eigenvalue weighted by Gasteiger charge is 2.07. The van der Waals surface area contributed by atoms with Crippen LogP contribution in [0.2, 0.25) is 0 Å². The molecule has 1 aromatic carbocycles. The molecule has 0 aliphatic carbocycles. The van der Waals surface area contributed by atoms with Crippen molar-refractivity contribution in [1.29, 1.82) is 0 Å². The van der Waals surface area contributed by atoms with E-state index in [1.807, 2.05) is 19.1 Å². The van der Waals surface area contributed by atoms with Crippen molar-refractivity contribution in [3.05, 3.63) is 23.8 Å². The summed E-state index contributed by atoms with van der Waals surface area (Å²) in [7, 11) is -1.95. The van der Waals surface area contributed by atoms with Crippen LogP contribution >= 0.6 is 0 Å². The summed E-state index contributed by atoms with van der Waals surface area (Å²) in [6.07, 6.45) is 0.897. The standard InChI is InChI=1S/C11H17NO4S/c1-3-9-4-5-10(11(8-9)15-2)16-6-7-17(12,13)14/h4-5,8H,3,6-7H2,1-2H3,(H2,12,13,14). The minimum atomic E-state index is -3.49. The second kappa shape index (κ2) is 5.88. The molecule has 0 bridgehead atoms. The number of hydrogen-bond donors (Lipinski definition) is 1. The van der Waals surface area contributed by atoms with Gasteiger partial charge >= 0.3 is 0 Å². The summed E-state index contributed by atoms with van der Waals surface area (Å²) in [4.78, 5) is 0. The van der Waals surface area contributed by atoms with Crippen molar-refractivity contribution in [2.75, 3.05) is 19.5 Å². The van der Waals surface area contributed by atoms with Gasteiger partial charge in [-0.25, -0.2) is 13.6 Å². The van der Waals surface area contributed by atoms with Gasteiger partial charge in [0.15, 0.2) is 11.5 Å². The fourth-order valence-electron chi connectivity index (χ4n) is 1.32. The smallest absolute Gasteiger partial charge is 0.212 e. The Kier molecular flexibility index (Phi) is 4.77. The van der Waals surface area contributed by atoms with E-state index in [9.17, 15) is 8.42 Å². The second-order valence-electron chi connectivity index (χ2n) is 3.55. The van der Waals surface area contributed by atoms with E-state index in [0.29, 0.717) is 11.5 Å². The first kappa shape index (κ1) is 13.8. The lowest BCUT2D eigenvalue weighted by Gasteiger charge is -2.11. The van der Waals surface area contributed by atoms with Crippen LogP contribution in [0.4, 0.5) is 0 Å². The highest BCUT2D eigenvalue weighted by molar-refractivity contribution is 7.89. The number of primary sulfonamides is 1. The number of hydrogen-bond acceptors (Lipinski definition) is 4. The predicted octanol–water partition coefficient (Wildman–Crippen LogP) is 0.925. The Morgan fingerprint density at radius 3 is 2.53 bits per heavy atom. The van der Waals surface area contributed by atoms with E-state index in [0.717, 1.165) is 12.0 Å². The number of benzene rings is 1. The van der Waals surface area contributed by atoms with Gasteiger partial charge in [0.1, 0.15) is 6.61 Å². The van der Waals surface area contributed by atoms with Crippen LogP contribution in [-0.2, 0) is 16.4 Å². The largest absolute Gasteiger partial charge is 0.493 e. The third-order valence-electron chi connectivity index (χ3n) is 2.26.